The van der Waals surface area contributed by atoms with Crippen molar-refractivity contribution < 1.29 is 9.84 Å². The van der Waals surface area contributed by atoms with Crippen molar-refractivity contribution in [2.24, 2.45) is 0 Å². The summed E-state index contributed by atoms with van der Waals surface area (Å²) >= 11 is 0. The van der Waals surface area contributed by atoms with Gasteiger partial charge in [-0.25, -0.2) is 0 Å². The Bertz CT molecular complexity index is 419. The van der Waals surface area contributed by atoms with Gasteiger partial charge in [-0.3, -0.25) is 0 Å². The number of methoxy groups -OCH3 is 1. The van der Waals surface area contributed by atoms with Gasteiger partial charge in [0.05, 0.1) is 12.7 Å². The minimum absolute atomic E-state index is 0.426. The lowest BCUT2D eigenvalue weighted by Gasteiger charge is -2.16. The topological polar surface area (TPSA) is 29.5 Å². The molecule has 2 heteroatoms. The highest BCUT2D eigenvalue weighted by atomic mass is 16.5. The van der Waals surface area contributed by atoms with Gasteiger partial charge in [0.25, 0.3) is 0 Å². The first-order valence-electron chi connectivity index (χ1n) is 6.12. The van der Waals surface area contributed by atoms with Crippen LogP contribution >= 0.6 is 0 Å². The summed E-state index contributed by atoms with van der Waals surface area (Å²) in [5.41, 5.74) is 3.74. The van der Waals surface area contributed by atoms with Crippen LogP contribution in [0, 0.1) is 0 Å². The van der Waals surface area contributed by atoms with Crippen LogP contribution in [-0.4, -0.2) is 17.8 Å². The van der Waals surface area contributed by atoms with Gasteiger partial charge in [0.15, 0.2) is 0 Å². The molecule has 1 aromatic rings. The number of aliphatic hydroxyl groups is 1. The normalized spacial score (nSPS) is 20.6. The largest absolute Gasteiger partial charge is 0.496 e. The maximum atomic E-state index is 10.1. The van der Waals surface area contributed by atoms with Crippen LogP contribution in [0.1, 0.15) is 36.0 Å². The number of fused-ring (bicyclic) bond motifs is 1. The van der Waals surface area contributed by atoms with Crippen LogP contribution in [-0.2, 0) is 19.3 Å². The van der Waals surface area contributed by atoms with E-state index < -0.39 is 5.60 Å². The summed E-state index contributed by atoms with van der Waals surface area (Å²) in [4.78, 5) is 0. The molecule has 0 radical (unpaired) electrons. The lowest BCUT2D eigenvalue weighted by atomic mass is 9.96. The van der Waals surface area contributed by atoms with E-state index in [1.54, 1.807) is 7.11 Å². The zero-order valence-electron chi connectivity index (χ0n) is 9.75. The van der Waals surface area contributed by atoms with E-state index in [0.717, 1.165) is 31.4 Å². The Morgan fingerprint density at radius 2 is 2.12 bits per heavy atom. The van der Waals surface area contributed by atoms with E-state index in [1.165, 1.54) is 29.5 Å². The Hall–Kier alpha value is -1.02. The van der Waals surface area contributed by atoms with Crippen LogP contribution in [0.4, 0.5) is 0 Å². The van der Waals surface area contributed by atoms with E-state index in [2.05, 4.69) is 12.1 Å². The summed E-state index contributed by atoms with van der Waals surface area (Å²) in [6.07, 6.45) is 6.25. The highest BCUT2D eigenvalue weighted by molar-refractivity contribution is 5.48. The second-order valence-electron chi connectivity index (χ2n) is 5.14. The maximum absolute atomic E-state index is 10.1. The number of aryl methyl sites for hydroxylation is 1. The van der Waals surface area contributed by atoms with Crippen molar-refractivity contribution in [2.45, 2.75) is 44.1 Å². The molecule has 2 aliphatic rings. The van der Waals surface area contributed by atoms with Crippen molar-refractivity contribution in [1.82, 2.24) is 0 Å². The van der Waals surface area contributed by atoms with Crippen molar-refractivity contribution in [3.05, 3.63) is 28.8 Å². The molecular weight excluding hydrogens is 200 g/mol. The highest BCUT2D eigenvalue weighted by Gasteiger charge is 2.41. The summed E-state index contributed by atoms with van der Waals surface area (Å²) in [5, 5.41) is 10.1. The first-order valence-corrected chi connectivity index (χ1v) is 6.12. The molecule has 0 saturated heterocycles. The SMILES string of the molecule is COc1ccc2c(c1CC1(O)CC1)CCC2. The van der Waals surface area contributed by atoms with Gasteiger partial charge in [0.2, 0.25) is 0 Å². The summed E-state index contributed by atoms with van der Waals surface area (Å²) in [7, 11) is 1.72. The zero-order chi connectivity index (χ0) is 11.2. The van der Waals surface area contributed by atoms with Crippen molar-refractivity contribution in [1.29, 1.82) is 0 Å². The molecule has 1 saturated carbocycles. The standard InChI is InChI=1S/C14H18O2/c1-16-13-6-5-10-3-2-4-11(10)12(13)9-14(15)7-8-14/h5-6,15H,2-4,7-9H2,1H3. The summed E-state index contributed by atoms with van der Waals surface area (Å²) in [5.74, 6) is 0.959. The van der Waals surface area contributed by atoms with Gasteiger partial charge in [-0.05, 0) is 49.3 Å². The quantitative estimate of drug-likeness (QED) is 0.843. The van der Waals surface area contributed by atoms with Gasteiger partial charge in [0.1, 0.15) is 5.75 Å². The number of benzene rings is 1. The van der Waals surface area contributed by atoms with Crippen molar-refractivity contribution in [2.75, 3.05) is 7.11 Å². The molecule has 1 N–H and O–H groups in total. The zero-order valence-corrected chi connectivity index (χ0v) is 9.75. The molecule has 1 aromatic carbocycles. The van der Waals surface area contributed by atoms with Gasteiger partial charge in [-0.2, -0.15) is 0 Å². The van der Waals surface area contributed by atoms with E-state index in [0.29, 0.717) is 0 Å². The van der Waals surface area contributed by atoms with Crippen LogP contribution < -0.4 is 4.74 Å². The van der Waals surface area contributed by atoms with Crippen LogP contribution in [0.5, 0.6) is 5.75 Å². The number of ether oxygens (including phenoxy) is 1. The van der Waals surface area contributed by atoms with Gasteiger partial charge in [-0.15, -0.1) is 0 Å². The molecule has 0 bridgehead atoms. The second-order valence-corrected chi connectivity index (χ2v) is 5.14. The summed E-state index contributed by atoms with van der Waals surface area (Å²) in [6, 6.07) is 4.24. The molecule has 3 rings (SSSR count). The first-order chi connectivity index (χ1) is 7.72. The van der Waals surface area contributed by atoms with Crippen molar-refractivity contribution >= 4 is 0 Å². The number of hydrogen-bond donors (Lipinski definition) is 1. The highest BCUT2D eigenvalue weighted by Crippen LogP contribution is 2.42. The molecule has 16 heavy (non-hydrogen) atoms. The second kappa shape index (κ2) is 3.49. The Kier molecular flexibility index (Phi) is 2.21. The van der Waals surface area contributed by atoms with Crippen LogP contribution in [0.25, 0.3) is 0 Å². The summed E-state index contributed by atoms with van der Waals surface area (Å²) < 4.78 is 5.43. The van der Waals surface area contributed by atoms with E-state index in [-0.39, 0.29) is 0 Å². The molecule has 0 atom stereocenters. The molecule has 0 aliphatic heterocycles. The third kappa shape index (κ3) is 1.61. The number of hydrogen-bond acceptors (Lipinski definition) is 2. The summed E-state index contributed by atoms with van der Waals surface area (Å²) in [6.45, 7) is 0. The fourth-order valence-electron chi connectivity index (χ4n) is 2.76. The fraction of sp³-hybridized carbons (Fsp3) is 0.571. The molecule has 0 aromatic heterocycles. The minimum atomic E-state index is -0.426. The van der Waals surface area contributed by atoms with Gasteiger partial charge in [-0.1, -0.05) is 6.07 Å². The molecule has 0 unspecified atom stereocenters. The van der Waals surface area contributed by atoms with Crippen LogP contribution in [0.2, 0.25) is 0 Å². The minimum Gasteiger partial charge on any atom is -0.496 e. The van der Waals surface area contributed by atoms with E-state index in [9.17, 15) is 5.11 Å². The third-order valence-electron chi connectivity index (χ3n) is 3.91. The molecule has 2 aliphatic carbocycles. The molecule has 0 amide bonds. The smallest absolute Gasteiger partial charge is 0.122 e. The monoisotopic (exact) mass is 218 g/mol. The van der Waals surface area contributed by atoms with Crippen LogP contribution in [0.15, 0.2) is 12.1 Å². The molecule has 2 nitrogen and oxygen atoms in total. The predicted molar refractivity (Wildman–Crippen MR) is 62.9 cm³/mol. The van der Waals surface area contributed by atoms with E-state index in [4.69, 9.17) is 4.74 Å². The van der Waals surface area contributed by atoms with E-state index >= 15 is 0 Å². The van der Waals surface area contributed by atoms with Crippen molar-refractivity contribution in [3.63, 3.8) is 0 Å². The molecule has 86 valence electrons. The molecule has 0 spiro atoms. The Morgan fingerprint density at radius 3 is 2.81 bits per heavy atom. The van der Waals surface area contributed by atoms with Gasteiger partial charge >= 0.3 is 0 Å². The average molecular weight is 218 g/mol. The third-order valence-corrected chi connectivity index (χ3v) is 3.91. The predicted octanol–water partition coefficient (Wildman–Crippen LogP) is 2.25. The van der Waals surface area contributed by atoms with E-state index in [1.807, 2.05) is 0 Å². The first kappa shape index (κ1) is 10.2. The van der Waals surface area contributed by atoms with Gasteiger partial charge in [0, 0.05) is 12.0 Å². The van der Waals surface area contributed by atoms with Crippen molar-refractivity contribution in [3.8, 4) is 5.75 Å². The average Bonchev–Trinajstić information content (AvgIpc) is 2.82. The molecule has 0 heterocycles. The lowest BCUT2D eigenvalue weighted by molar-refractivity contribution is 0.149. The molecular formula is C14H18O2. The Labute approximate surface area is 96.2 Å². The Balaban J connectivity index is 2.02. The lowest BCUT2D eigenvalue weighted by Crippen LogP contribution is -2.13. The number of rotatable bonds is 3. The van der Waals surface area contributed by atoms with Gasteiger partial charge < -0.3 is 9.84 Å². The fourth-order valence-corrected chi connectivity index (χ4v) is 2.76. The molecule has 1 fully saturated rings. The Morgan fingerprint density at radius 1 is 1.31 bits per heavy atom. The maximum Gasteiger partial charge on any atom is 0.122 e. The van der Waals surface area contributed by atoms with Crippen LogP contribution in [0.3, 0.4) is 0 Å².